The highest BCUT2D eigenvalue weighted by Crippen LogP contribution is 2.16. The van der Waals surface area contributed by atoms with Crippen LogP contribution in [0.15, 0.2) is 28.7 Å². The van der Waals surface area contributed by atoms with Gasteiger partial charge in [-0.2, -0.15) is 0 Å². The van der Waals surface area contributed by atoms with Gasteiger partial charge in [0, 0.05) is 4.47 Å². The highest BCUT2D eigenvalue weighted by molar-refractivity contribution is 9.10. The summed E-state index contributed by atoms with van der Waals surface area (Å²) < 4.78 is 6.25. The van der Waals surface area contributed by atoms with Crippen molar-refractivity contribution in [1.82, 2.24) is 0 Å². The van der Waals surface area contributed by atoms with E-state index in [1.807, 2.05) is 12.1 Å². The van der Waals surface area contributed by atoms with E-state index in [9.17, 15) is 5.11 Å². The zero-order chi connectivity index (χ0) is 10.4. The molecule has 0 amide bonds. The van der Waals surface area contributed by atoms with Gasteiger partial charge in [0.25, 0.3) is 0 Å². The van der Waals surface area contributed by atoms with E-state index in [1.54, 1.807) is 12.1 Å². The molecular weight excluding hydrogens is 250 g/mol. The third-order valence-electron chi connectivity index (χ3n) is 1.54. The molecule has 1 atom stereocenters. The summed E-state index contributed by atoms with van der Waals surface area (Å²) in [6.45, 7) is 0.232. The first-order chi connectivity index (χ1) is 6.72. The lowest BCUT2D eigenvalue weighted by atomic mass is 10.3. The number of nitrogens with two attached hydrogens (primary N) is 1. The fraction of sp³-hybridized carbons (Fsp3) is 0.333. The van der Waals surface area contributed by atoms with E-state index >= 15 is 0 Å². The maximum atomic E-state index is 9.23. The summed E-state index contributed by atoms with van der Waals surface area (Å²) in [5.74, 6) is 5.49. The van der Waals surface area contributed by atoms with Crippen LogP contribution in [0.3, 0.4) is 0 Å². The lowest BCUT2D eigenvalue weighted by molar-refractivity contribution is 0.0116. The number of benzene rings is 1. The zero-order valence-corrected chi connectivity index (χ0v) is 9.11. The molecule has 0 saturated carbocycles. The summed E-state index contributed by atoms with van der Waals surface area (Å²) in [5, 5.41) is 9.23. The van der Waals surface area contributed by atoms with Gasteiger partial charge in [-0.3, -0.25) is 0 Å². The molecule has 0 saturated heterocycles. The van der Waals surface area contributed by atoms with E-state index < -0.39 is 6.10 Å². The quantitative estimate of drug-likeness (QED) is 0.779. The van der Waals surface area contributed by atoms with Crippen molar-refractivity contribution in [3.63, 3.8) is 0 Å². The monoisotopic (exact) mass is 261 g/mol. The second kappa shape index (κ2) is 5.98. The van der Waals surface area contributed by atoms with Gasteiger partial charge in [-0.15, -0.1) is 0 Å². The van der Waals surface area contributed by atoms with Crippen LogP contribution in [-0.2, 0) is 4.84 Å². The fourth-order valence-corrected chi connectivity index (χ4v) is 1.15. The summed E-state index contributed by atoms with van der Waals surface area (Å²) in [6, 6.07) is 7.34. The van der Waals surface area contributed by atoms with Gasteiger partial charge in [-0.1, -0.05) is 15.9 Å². The van der Waals surface area contributed by atoms with Crippen LogP contribution in [0.5, 0.6) is 5.75 Å². The van der Waals surface area contributed by atoms with Crippen LogP contribution in [0.1, 0.15) is 0 Å². The summed E-state index contributed by atoms with van der Waals surface area (Å²) in [4.78, 5) is 4.27. The minimum atomic E-state index is -0.705. The molecule has 78 valence electrons. The number of halogens is 1. The largest absolute Gasteiger partial charge is 0.491 e. The van der Waals surface area contributed by atoms with E-state index in [4.69, 9.17) is 10.6 Å². The Morgan fingerprint density at radius 2 is 1.93 bits per heavy atom. The Morgan fingerprint density at radius 3 is 2.50 bits per heavy atom. The summed E-state index contributed by atoms with van der Waals surface area (Å²) in [5.41, 5.74) is 0. The molecule has 1 aromatic rings. The van der Waals surface area contributed by atoms with Gasteiger partial charge < -0.3 is 14.7 Å². The van der Waals surface area contributed by atoms with Gasteiger partial charge in [0.2, 0.25) is 0 Å². The molecule has 0 radical (unpaired) electrons. The third-order valence-corrected chi connectivity index (χ3v) is 2.07. The predicted molar refractivity (Wildman–Crippen MR) is 55.8 cm³/mol. The number of aliphatic hydroxyl groups is 1. The molecule has 1 rings (SSSR count). The highest BCUT2D eigenvalue weighted by Gasteiger charge is 2.04. The van der Waals surface area contributed by atoms with E-state index in [1.165, 1.54) is 0 Å². The van der Waals surface area contributed by atoms with Crippen LogP contribution in [0.4, 0.5) is 0 Å². The topological polar surface area (TPSA) is 64.7 Å². The SMILES string of the molecule is NOCC(O)COc1ccc(Br)cc1. The molecule has 0 fully saturated rings. The van der Waals surface area contributed by atoms with Gasteiger partial charge >= 0.3 is 0 Å². The average Bonchev–Trinajstić information content (AvgIpc) is 2.17. The van der Waals surface area contributed by atoms with Crippen LogP contribution in [0, 0.1) is 0 Å². The van der Waals surface area contributed by atoms with Crippen molar-refractivity contribution >= 4 is 15.9 Å². The van der Waals surface area contributed by atoms with Gasteiger partial charge in [-0.05, 0) is 24.3 Å². The van der Waals surface area contributed by atoms with Crippen LogP contribution in [0.2, 0.25) is 0 Å². The number of rotatable bonds is 5. The first kappa shape index (κ1) is 11.5. The highest BCUT2D eigenvalue weighted by atomic mass is 79.9. The van der Waals surface area contributed by atoms with E-state index in [0.717, 1.165) is 4.47 Å². The maximum Gasteiger partial charge on any atom is 0.119 e. The average molecular weight is 262 g/mol. The van der Waals surface area contributed by atoms with E-state index in [-0.39, 0.29) is 13.2 Å². The standard InChI is InChI=1S/C9H12BrNO3/c10-7-1-3-9(4-2-7)13-5-8(12)6-14-11/h1-4,8,12H,5-6,11H2. The van der Waals surface area contributed by atoms with Crippen LogP contribution in [-0.4, -0.2) is 24.4 Å². The van der Waals surface area contributed by atoms with Crippen molar-refractivity contribution in [2.45, 2.75) is 6.10 Å². The predicted octanol–water partition coefficient (Wildman–Crippen LogP) is 1.08. The molecule has 3 N–H and O–H groups in total. The Bertz CT molecular complexity index is 265. The Labute approximate surface area is 90.7 Å². The van der Waals surface area contributed by atoms with Crippen molar-refractivity contribution in [2.75, 3.05) is 13.2 Å². The molecule has 0 bridgehead atoms. The number of hydrogen-bond donors (Lipinski definition) is 2. The van der Waals surface area contributed by atoms with Gasteiger partial charge in [-0.25, -0.2) is 5.90 Å². The molecule has 5 heteroatoms. The smallest absolute Gasteiger partial charge is 0.119 e. The molecule has 0 aliphatic heterocycles. The van der Waals surface area contributed by atoms with Gasteiger partial charge in [0.05, 0.1) is 6.61 Å². The third kappa shape index (κ3) is 4.06. The van der Waals surface area contributed by atoms with Crippen LogP contribution >= 0.6 is 15.9 Å². The van der Waals surface area contributed by atoms with Gasteiger partial charge in [0.1, 0.15) is 18.5 Å². The van der Waals surface area contributed by atoms with Crippen molar-refractivity contribution in [3.8, 4) is 5.75 Å². The van der Waals surface area contributed by atoms with Crippen LogP contribution < -0.4 is 10.6 Å². The van der Waals surface area contributed by atoms with Crippen molar-refractivity contribution in [2.24, 2.45) is 5.90 Å². The summed E-state index contributed by atoms with van der Waals surface area (Å²) >= 11 is 3.31. The first-order valence-electron chi connectivity index (χ1n) is 4.10. The molecule has 1 unspecified atom stereocenters. The second-order valence-electron chi connectivity index (χ2n) is 2.75. The molecule has 4 nitrogen and oxygen atoms in total. The van der Waals surface area contributed by atoms with E-state index in [0.29, 0.717) is 5.75 Å². The molecule has 14 heavy (non-hydrogen) atoms. The Kier molecular flexibility index (Phi) is 4.89. The van der Waals surface area contributed by atoms with E-state index in [2.05, 4.69) is 20.8 Å². The summed E-state index contributed by atoms with van der Waals surface area (Å²) in [6.07, 6.45) is -0.705. The van der Waals surface area contributed by atoms with Gasteiger partial charge in [0.15, 0.2) is 0 Å². The number of aliphatic hydroxyl groups excluding tert-OH is 1. The normalized spacial score (nSPS) is 12.5. The zero-order valence-electron chi connectivity index (χ0n) is 7.52. The molecular formula is C9H12BrNO3. The van der Waals surface area contributed by atoms with Crippen LogP contribution in [0.25, 0.3) is 0 Å². The summed E-state index contributed by atoms with van der Waals surface area (Å²) in [7, 11) is 0. The lowest BCUT2D eigenvalue weighted by Crippen LogP contribution is -2.24. The number of ether oxygens (including phenoxy) is 1. The molecule has 0 aromatic heterocycles. The molecule has 0 heterocycles. The molecule has 0 spiro atoms. The molecule has 0 aliphatic rings. The minimum absolute atomic E-state index is 0.0660. The minimum Gasteiger partial charge on any atom is -0.491 e. The number of hydrogen-bond acceptors (Lipinski definition) is 4. The Morgan fingerprint density at radius 1 is 1.29 bits per heavy atom. The van der Waals surface area contributed by atoms with Crippen molar-refractivity contribution in [3.05, 3.63) is 28.7 Å². The lowest BCUT2D eigenvalue weighted by Gasteiger charge is -2.10. The molecule has 1 aromatic carbocycles. The Balaban J connectivity index is 2.34. The molecule has 0 aliphatic carbocycles. The first-order valence-corrected chi connectivity index (χ1v) is 4.90. The van der Waals surface area contributed by atoms with Crippen molar-refractivity contribution < 1.29 is 14.7 Å². The maximum absolute atomic E-state index is 9.23. The second-order valence-corrected chi connectivity index (χ2v) is 3.67. The van der Waals surface area contributed by atoms with Crippen molar-refractivity contribution in [1.29, 1.82) is 0 Å². The fourth-order valence-electron chi connectivity index (χ4n) is 0.882. The Hall–Kier alpha value is -0.620.